The van der Waals surface area contributed by atoms with Crippen LogP contribution in [0.3, 0.4) is 0 Å². The number of hydrogen-bond acceptors (Lipinski definition) is 4. The predicted molar refractivity (Wildman–Crippen MR) is 69.6 cm³/mol. The number of H-pyrrole nitrogens is 1. The normalized spacial score (nSPS) is 19.2. The number of aromatic nitrogens is 4. The Kier molecular flexibility index (Phi) is 3.21. The molecule has 2 aromatic heterocycles. The molecule has 1 aliphatic rings. The zero-order valence-electron chi connectivity index (χ0n) is 9.87. The van der Waals surface area contributed by atoms with Crippen LogP contribution in [0.15, 0.2) is 24.5 Å². The van der Waals surface area contributed by atoms with Gasteiger partial charge in [0, 0.05) is 24.6 Å². The van der Waals surface area contributed by atoms with Gasteiger partial charge in [-0.1, -0.05) is 0 Å². The highest BCUT2D eigenvalue weighted by molar-refractivity contribution is 7.71. The quantitative estimate of drug-likeness (QED) is 0.861. The molecule has 0 aliphatic carbocycles. The third-order valence-corrected chi connectivity index (χ3v) is 3.40. The molecule has 0 spiro atoms. The Morgan fingerprint density at radius 2 is 2.50 bits per heavy atom. The molecule has 6 heteroatoms. The number of ether oxygens (including phenoxy) is 1. The minimum absolute atomic E-state index is 0.240. The molecule has 18 heavy (non-hydrogen) atoms. The molecule has 1 N–H and O–H groups in total. The average molecular weight is 262 g/mol. The number of nitrogens with zero attached hydrogens (tertiary/aromatic N) is 3. The van der Waals surface area contributed by atoms with Crippen LogP contribution in [0, 0.1) is 4.77 Å². The summed E-state index contributed by atoms with van der Waals surface area (Å²) < 4.78 is 8.27. The van der Waals surface area contributed by atoms with Crippen molar-refractivity contribution in [2.24, 2.45) is 0 Å². The van der Waals surface area contributed by atoms with Crippen LogP contribution >= 0.6 is 12.2 Å². The maximum atomic E-state index is 5.65. The fourth-order valence-electron chi connectivity index (χ4n) is 2.19. The van der Waals surface area contributed by atoms with Crippen molar-refractivity contribution in [2.75, 3.05) is 6.61 Å². The molecular formula is C12H14N4OS. The molecule has 3 rings (SSSR count). The van der Waals surface area contributed by atoms with Crippen molar-refractivity contribution >= 4 is 12.2 Å². The van der Waals surface area contributed by atoms with Crippen molar-refractivity contribution in [3.8, 4) is 11.4 Å². The van der Waals surface area contributed by atoms with Gasteiger partial charge in [-0.15, -0.1) is 0 Å². The molecule has 0 saturated carbocycles. The fourth-order valence-corrected chi connectivity index (χ4v) is 2.40. The minimum atomic E-state index is 0.240. The second-order valence-electron chi connectivity index (χ2n) is 4.34. The maximum Gasteiger partial charge on any atom is 0.195 e. The van der Waals surface area contributed by atoms with Gasteiger partial charge in [-0.25, -0.2) is 0 Å². The smallest absolute Gasteiger partial charge is 0.195 e. The Morgan fingerprint density at radius 3 is 3.22 bits per heavy atom. The van der Waals surface area contributed by atoms with E-state index in [1.165, 1.54) is 0 Å². The van der Waals surface area contributed by atoms with Crippen LogP contribution in [-0.4, -0.2) is 32.5 Å². The lowest BCUT2D eigenvalue weighted by atomic mass is 10.2. The van der Waals surface area contributed by atoms with Crippen molar-refractivity contribution in [3.63, 3.8) is 0 Å². The number of rotatable bonds is 3. The first-order chi connectivity index (χ1) is 8.84. The summed E-state index contributed by atoms with van der Waals surface area (Å²) in [5, 5.41) is 7.12. The second kappa shape index (κ2) is 4.99. The highest BCUT2D eigenvalue weighted by atomic mass is 32.1. The average Bonchev–Trinajstić information content (AvgIpc) is 3.03. The monoisotopic (exact) mass is 262 g/mol. The Bertz CT molecular complexity index is 571. The Hall–Kier alpha value is -1.53. The molecule has 0 radical (unpaired) electrons. The van der Waals surface area contributed by atoms with E-state index in [1.807, 2.05) is 16.7 Å². The molecule has 1 fully saturated rings. The number of aromatic amines is 1. The van der Waals surface area contributed by atoms with Crippen molar-refractivity contribution in [1.82, 2.24) is 19.7 Å². The first-order valence-corrected chi connectivity index (χ1v) is 6.42. The zero-order valence-corrected chi connectivity index (χ0v) is 10.7. The van der Waals surface area contributed by atoms with E-state index in [9.17, 15) is 0 Å². The summed E-state index contributed by atoms with van der Waals surface area (Å²) in [5.41, 5.74) is 0.961. The summed E-state index contributed by atoms with van der Waals surface area (Å²) in [4.78, 5) is 4.11. The van der Waals surface area contributed by atoms with E-state index >= 15 is 0 Å². The topological polar surface area (TPSA) is 55.7 Å². The van der Waals surface area contributed by atoms with E-state index in [0.717, 1.165) is 37.4 Å². The third kappa shape index (κ3) is 2.21. The molecule has 1 saturated heterocycles. The molecule has 5 nitrogen and oxygen atoms in total. The van der Waals surface area contributed by atoms with Crippen molar-refractivity contribution in [2.45, 2.75) is 25.5 Å². The third-order valence-electron chi connectivity index (χ3n) is 3.09. The van der Waals surface area contributed by atoms with Crippen molar-refractivity contribution in [3.05, 3.63) is 29.3 Å². The molecule has 94 valence electrons. The maximum absolute atomic E-state index is 5.65. The van der Waals surface area contributed by atoms with Gasteiger partial charge in [-0.3, -0.25) is 14.6 Å². The molecular weight excluding hydrogens is 248 g/mol. The SMILES string of the molecule is S=c1[nH]nc(-c2cccnc2)n1C[C@H]1CCCO1. The first kappa shape index (κ1) is 11.6. The molecule has 3 heterocycles. The van der Waals surface area contributed by atoms with Crippen LogP contribution in [0.1, 0.15) is 12.8 Å². The van der Waals surface area contributed by atoms with Crippen LogP contribution in [0.5, 0.6) is 0 Å². The van der Waals surface area contributed by atoms with Gasteiger partial charge < -0.3 is 4.74 Å². The molecule has 0 unspecified atom stereocenters. The van der Waals surface area contributed by atoms with E-state index in [1.54, 1.807) is 12.4 Å². The number of pyridine rings is 1. The van der Waals surface area contributed by atoms with Gasteiger partial charge in [-0.2, -0.15) is 5.10 Å². The Balaban J connectivity index is 1.93. The summed E-state index contributed by atoms with van der Waals surface area (Å²) in [5.74, 6) is 0.823. The van der Waals surface area contributed by atoms with Crippen LogP contribution in [0.2, 0.25) is 0 Å². The van der Waals surface area contributed by atoms with Crippen LogP contribution in [0.4, 0.5) is 0 Å². The molecule has 0 aromatic carbocycles. The van der Waals surface area contributed by atoms with E-state index in [-0.39, 0.29) is 6.10 Å². The zero-order chi connectivity index (χ0) is 12.4. The van der Waals surface area contributed by atoms with Crippen LogP contribution < -0.4 is 0 Å². The summed E-state index contributed by atoms with van der Waals surface area (Å²) in [7, 11) is 0. The standard InChI is InChI=1S/C12H14N4OS/c18-12-15-14-11(9-3-1-5-13-7-9)16(12)8-10-4-2-6-17-10/h1,3,5,7,10H,2,4,6,8H2,(H,15,18)/t10-/m1/s1. The fraction of sp³-hybridized carbons (Fsp3) is 0.417. The van der Waals surface area contributed by atoms with Crippen molar-refractivity contribution < 1.29 is 4.74 Å². The van der Waals surface area contributed by atoms with Gasteiger partial charge in [0.1, 0.15) is 0 Å². The van der Waals surface area contributed by atoms with Gasteiger partial charge in [0.15, 0.2) is 10.6 Å². The second-order valence-corrected chi connectivity index (χ2v) is 4.73. The highest BCUT2D eigenvalue weighted by Crippen LogP contribution is 2.19. The van der Waals surface area contributed by atoms with Crippen LogP contribution in [0.25, 0.3) is 11.4 Å². The lowest BCUT2D eigenvalue weighted by molar-refractivity contribution is 0.0970. The largest absolute Gasteiger partial charge is 0.376 e. The van der Waals surface area contributed by atoms with E-state index in [4.69, 9.17) is 17.0 Å². The molecule has 0 bridgehead atoms. The lowest BCUT2D eigenvalue weighted by Crippen LogP contribution is -2.16. The van der Waals surface area contributed by atoms with Gasteiger partial charge in [0.2, 0.25) is 0 Å². The van der Waals surface area contributed by atoms with Crippen LogP contribution in [-0.2, 0) is 11.3 Å². The predicted octanol–water partition coefficient (Wildman–Crippen LogP) is 2.18. The summed E-state index contributed by atoms with van der Waals surface area (Å²) >= 11 is 5.28. The van der Waals surface area contributed by atoms with E-state index < -0.39 is 0 Å². The Morgan fingerprint density at radius 1 is 1.56 bits per heavy atom. The number of nitrogens with one attached hydrogen (secondary N) is 1. The molecule has 1 atom stereocenters. The highest BCUT2D eigenvalue weighted by Gasteiger charge is 2.19. The summed E-state index contributed by atoms with van der Waals surface area (Å²) in [6, 6.07) is 3.87. The summed E-state index contributed by atoms with van der Waals surface area (Å²) in [6.07, 6.45) is 5.98. The molecule has 2 aromatic rings. The summed E-state index contributed by atoms with van der Waals surface area (Å²) in [6.45, 7) is 1.59. The molecule has 1 aliphatic heterocycles. The van der Waals surface area contributed by atoms with Gasteiger partial charge in [0.05, 0.1) is 12.6 Å². The first-order valence-electron chi connectivity index (χ1n) is 6.02. The lowest BCUT2D eigenvalue weighted by Gasteiger charge is -2.11. The van der Waals surface area contributed by atoms with Gasteiger partial charge >= 0.3 is 0 Å². The van der Waals surface area contributed by atoms with Gasteiger partial charge in [0.25, 0.3) is 0 Å². The molecule has 0 amide bonds. The van der Waals surface area contributed by atoms with Gasteiger partial charge in [-0.05, 0) is 37.2 Å². The van der Waals surface area contributed by atoms with E-state index in [2.05, 4.69) is 15.2 Å². The van der Waals surface area contributed by atoms with E-state index in [0.29, 0.717) is 4.77 Å². The van der Waals surface area contributed by atoms with Crippen molar-refractivity contribution in [1.29, 1.82) is 0 Å². The number of hydrogen-bond donors (Lipinski definition) is 1. The minimum Gasteiger partial charge on any atom is -0.376 e. The Labute approximate surface area is 110 Å².